The number of carbonyl (C=O) groups is 1. The molecule has 1 rings (SSSR count). The third-order valence-electron chi connectivity index (χ3n) is 2.97. The van der Waals surface area contributed by atoms with Gasteiger partial charge in [-0.25, -0.2) is 0 Å². The minimum absolute atomic E-state index is 0.218. The van der Waals surface area contributed by atoms with Crippen LogP contribution >= 0.6 is 0 Å². The Balaban J connectivity index is 2.31. The predicted octanol–water partition coefficient (Wildman–Crippen LogP) is 3.83. The van der Waals surface area contributed by atoms with Crippen LogP contribution in [0.25, 0.3) is 0 Å². The van der Waals surface area contributed by atoms with E-state index in [1.807, 2.05) is 0 Å². The fraction of sp³-hybridized carbons (Fsp3) is 0.533. The van der Waals surface area contributed by atoms with Gasteiger partial charge in [0.2, 0.25) is 0 Å². The number of unbranched alkanes of at least 4 members (excludes halogenated alkanes) is 3. The second-order valence-electron chi connectivity index (χ2n) is 4.52. The first-order valence-corrected chi connectivity index (χ1v) is 6.52. The minimum atomic E-state index is -0.728. The molecule has 2 nitrogen and oxygen atoms in total. The molecule has 0 heterocycles. The summed E-state index contributed by atoms with van der Waals surface area (Å²) in [5.41, 5.74) is 2.48. The number of carboxylic acid groups (broad SMARTS) is 1. The van der Waals surface area contributed by atoms with Crippen molar-refractivity contribution in [1.29, 1.82) is 0 Å². The lowest BCUT2D eigenvalue weighted by Crippen LogP contribution is -1.97. The van der Waals surface area contributed by atoms with E-state index in [1.165, 1.54) is 31.2 Å². The SMILES string of the molecule is CCCCCCc1ccc(CCC(=O)O)cc1. The standard InChI is InChI=1S/C15H22O2/c1-2-3-4-5-6-13-7-9-14(10-8-13)11-12-15(16)17/h7-10H,2-6,11-12H2,1H3,(H,16,17). The number of hydrogen-bond acceptors (Lipinski definition) is 1. The molecule has 1 aromatic rings. The van der Waals surface area contributed by atoms with Crippen LogP contribution in [0.1, 0.15) is 50.2 Å². The lowest BCUT2D eigenvalue weighted by atomic mass is 10.0. The lowest BCUT2D eigenvalue weighted by molar-refractivity contribution is -0.136. The quantitative estimate of drug-likeness (QED) is 0.694. The highest BCUT2D eigenvalue weighted by molar-refractivity contribution is 5.67. The van der Waals surface area contributed by atoms with Crippen molar-refractivity contribution in [2.24, 2.45) is 0 Å². The third-order valence-corrected chi connectivity index (χ3v) is 2.97. The molecule has 1 aromatic carbocycles. The summed E-state index contributed by atoms with van der Waals surface area (Å²) in [5.74, 6) is -0.728. The van der Waals surface area contributed by atoms with Crippen molar-refractivity contribution in [2.75, 3.05) is 0 Å². The van der Waals surface area contributed by atoms with Crippen molar-refractivity contribution in [1.82, 2.24) is 0 Å². The summed E-state index contributed by atoms with van der Waals surface area (Å²) in [4.78, 5) is 10.4. The Bertz CT molecular complexity index is 327. The zero-order valence-electron chi connectivity index (χ0n) is 10.6. The summed E-state index contributed by atoms with van der Waals surface area (Å²) < 4.78 is 0. The fourth-order valence-corrected chi connectivity index (χ4v) is 1.88. The second kappa shape index (κ2) is 7.88. The zero-order valence-corrected chi connectivity index (χ0v) is 10.6. The number of aryl methyl sites for hydroxylation is 2. The summed E-state index contributed by atoms with van der Waals surface area (Å²) in [5, 5.41) is 8.60. The molecule has 0 aliphatic heterocycles. The maximum atomic E-state index is 10.4. The van der Waals surface area contributed by atoms with Gasteiger partial charge >= 0.3 is 5.97 Å². The highest BCUT2D eigenvalue weighted by Gasteiger charge is 1.99. The van der Waals surface area contributed by atoms with Crippen LogP contribution in [0.15, 0.2) is 24.3 Å². The maximum Gasteiger partial charge on any atom is 0.303 e. The molecule has 0 saturated heterocycles. The summed E-state index contributed by atoms with van der Waals surface area (Å²) >= 11 is 0. The van der Waals surface area contributed by atoms with Gasteiger partial charge in [0.05, 0.1) is 0 Å². The van der Waals surface area contributed by atoms with Crippen molar-refractivity contribution in [2.45, 2.75) is 51.9 Å². The molecule has 0 aliphatic carbocycles. The van der Waals surface area contributed by atoms with Crippen LogP contribution in [0.5, 0.6) is 0 Å². The van der Waals surface area contributed by atoms with Crippen molar-refractivity contribution < 1.29 is 9.90 Å². The summed E-state index contributed by atoms with van der Waals surface area (Å²) in [6.07, 6.45) is 7.13. The summed E-state index contributed by atoms with van der Waals surface area (Å²) in [6, 6.07) is 8.36. The number of aliphatic carboxylic acids is 1. The van der Waals surface area contributed by atoms with Crippen LogP contribution in [0.2, 0.25) is 0 Å². The molecule has 17 heavy (non-hydrogen) atoms. The molecule has 0 spiro atoms. The highest BCUT2D eigenvalue weighted by Crippen LogP contribution is 2.10. The number of rotatable bonds is 8. The smallest absolute Gasteiger partial charge is 0.303 e. The van der Waals surface area contributed by atoms with Gasteiger partial charge in [-0.3, -0.25) is 4.79 Å². The van der Waals surface area contributed by atoms with Crippen molar-refractivity contribution in [3.63, 3.8) is 0 Å². The van der Waals surface area contributed by atoms with Crippen molar-refractivity contribution in [3.8, 4) is 0 Å². The average Bonchev–Trinajstić information content (AvgIpc) is 2.33. The van der Waals surface area contributed by atoms with Gasteiger partial charge in [-0.05, 0) is 30.4 Å². The Morgan fingerprint density at radius 3 is 2.12 bits per heavy atom. The molecule has 94 valence electrons. The minimum Gasteiger partial charge on any atom is -0.481 e. The molecule has 0 bridgehead atoms. The number of carboxylic acids is 1. The Labute approximate surface area is 104 Å². The van der Waals surface area contributed by atoms with Gasteiger partial charge < -0.3 is 5.11 Å². The monoisotopic (exact) mass is 234 g/mol. The molecule has 0 fully saturated rings. The molecule has 0 atom stereocenters. The molecule has 0 aromatic heterocycles. The molecule has 0 aliphatic rings. The molecule has 2 heteroatoms. The molecular weight excluding hydrogens is 212 g/mol. The topological polar surface area (TPSA) is 37.3 Å². The Morgan fingerprint density at radius 2 is 1.59 bits per heavy atom. The van der Waals surface area contributed by atoms with Crippen LogP contribution in [-0.2, 0) is 17.6 Å². The van der Waals surface area contributed by atoms with Gasteiger partial charge in [-0.2, -0.15) is 0 Å². The first kappa shape index (κ1) is 13.8. The van der Waals surface area contributed by atoms with Gasteiger partial charge in [0.25, 0.3) is 0 Å². The summed E-state index contributed by atoms with van der Waals surface area (Å²) in [7, 11) is 0. The van der Waals surface area contributed by atoms with Crippen molar-refractivity contribution in [3.05, 3.63) is 35.4 Å². The van der Waals surface area contributed by atoms with Crippen LogP contribution in [-0.4, -0.2) is 11.1 Å². The fourth-order valence-electron chi connectivity index (χ4n) is 1.88. The molecule has 0 radical (unpaired) electrons. The van der Waals surface area contributed by atoms with Gasteiger partial charge in [-0.1, -0.05) is 50.5 Å². The first-order valence-electron chi connectivity index (χ1n) is 6.52. The normalized spacial score (nSPS) is 10.4. The Hall–Kier alpha value is -1.31. The van der Waals surface area contributed by atoms with E-state index in [0.29, 0.717) is 6.42 Å². The molecule has 0 amide bonds. The third kappa shape index (κ3) is 6.10. The van der Waals surface area contributed by atoms with E-state index in [1.54, 1.807) is 0 Å². The number of hydrogen-bond donors (Lipinski definition) is 1. The van der Waals surface area contributed by atoms with Gasteiger partial charge in [0.1, 0.15) is 0 Å². The van der Waals surface area contributed by atoms with Crippen molar-refractivity contribution >= 4 is 5.97 Å². The van der Waals surface area contributed by atoms with E-state index in [4.69, 9.17) is 5.11 Å². The van der Waals surface area contributed by atoms with Crippen LogP contribution < -0.4 is 0 Å². The molecule has 1 N–H and O–H groups in total. The van der Waals surface area contributed by atoms with E-state index in [0.717, 1.165) is 12.0 Å². The predicted molar refractivity (Wildman–Crippen MR) is 70.2 cm³/mol. The second-order valence-corrected chi connectivity index (χ2v) is 4.52. The van der Waals surface area contributed by atoms with E-state index in [2.05, 4.69) is 31.2 Å². The molecular formula is C15H22O2. The maximum absolute atomic E-state index is 10.4. The van der Waals surface area contributed by atoms with E-state index in [-0.39, 0.29) is 6.42 Å². The van der Waals surface area contributed by atoms with E-state index < -0.39 is 5.97 Å². The van der Waals surface area contributed by atoms with Crippen LogP contribution in [0.3, 0.4) is 0 Å². The van der Waals surface area contributed by atoms with Crippen LogP contribution in [0, 0.1) is 0 Å². The van der Waals surface area contributed by atoms with E-state index >= 15 is 0 Å². The zero-order chi connectivity index (χ0) is 12.5. The summed E-state index contributed by atoms with van der Waals surface area (Å²) in [6.45, 7) is 2.22. The number of benzene rings is 1. The molecule has 0 unspecified atom stereocenters. The Kier molecular flexibility index (Phi) is 6.38. The molecule has 0 saturated carbocycles. The van der Waals surface area contributed by atoms with Crippen LogP contribution in [0.4, 0.5) is 0 Å². The average molecular weight is 234 g/mol. The first-order chi connectivity index (χ1) is 8.22. The highest BCUT2D eigenvalue weighted by atomic mass is 16.4. The Morgan fingerprint density at radius 1 is 1.00 bits per heavy atom. The lowest BCUT2D eigenvalue weighted by Gasteiger charge is -2.03. The largest absolute Gasteiger partial charge is 0.481 e. The van der Waals surface area contributed by atoms with Gasteiger partial charge in [0, 0.05) is 6.42 Å². The van der Waals surface area contributed by atoms with Gasteiger partial charge in [-0.15, -0.1) is 0 Å². The van der Waals surface area contributed by atoms with Gasteiger partial charge in [0.15, 0.2) is 0 Å². The van der Waals surface area contributed by atoms with E-state index in [9.17, 15) is 4.79 Å².